The van der Waals surface area contributed by atoms with Crippen LogP contribution < -0.4 is 0 Å². The number of Topliss-reactive ketones (excluding diaryl/α,β-unsaturated/α-hetero) is 1. The molecule has 0 spiro atoms. The maximum absolute atomic E-state index is 12.7. The molecular weight excluding hydrogens is 370 g/mol. The summed E-state index contributed by atoms with van der Waals surface area (Å²) >= 11 is 5.88. The van der Waals surface area contributed by atoms with Crippen molar-refractivity contribution in [1.82, 2.24) is 4.90 Å². The van der Waals surface area contributed by atoms with Crippen LogP contribution in [0.3, 0.4) is 0 Å². The van der Waals surface area contributed by atoms with Crippen molar-refractivity contribution in [3.8, 4) is 0 Å². The summed E-state index contributed by atoms with van der Waals surface area (Å²) in [7, 11) is -3.30. The average Bonchev–Trinajstić information content (AvgIpc) is 2.67. The highest BCUT2D eigenvalue weighted by molar-refractivity contribution is 7.91. The van der Waals surface area contributed by atoms with Crippen LogP contribution >= 0.6 is 11.6 Å². The van der Waals surface area contributed by atoms with Gasteiger partial charge in [0.15, 0.2) is 15.6 Å². The van der Waals surface area contributed by atoms with Gasteiger partial charge >= 0.3 is 0 Å². The van der Waals surface area contributed by atoms with Crippen molar-refractivity contribution in [3.63, 3.8) is 0 Å². The number of rotatable bonds is 6. The van der Waals surface area contributed by atoms with Gasteiger partial charge in [0.1, 0.15) is 0 Å². The normalized spacial score (nSPS) is 18.6. The number of hydrogen-bond donors (Lipinski definition) is 0. The van der Waals surface area contributed by atoms with Crippen molar-refractivity contribution in [2.75, 3.05) is 25.4 Å². The SMILES string of the molecule is O=C(c1ccc(Cl)cc1)[C@@H]1CCCN(CCS(=O)(=O)c2ccccc2)C1. The smallest absolute Gasteiger partial charge is 0.179 e. The van der Waals surface area contributed by atoms with E-state index in [-0.39, 0.29) is 17.5 Å². The molecule has 1 saturated heterocycles. The molecule has 0 aliphatic carbocycles. The number of likely N-dealkylation sites (tertiary alicyclic amines) is 1. The Morgan fingerprint density at radius 3 is 2.46 bits per heavy atom. The highest BCUT2D eigenvalue weighted by Gasteiger charge is 2.27. The van der Waals surface area contributed by atoms with Gasteiger partial charge < -0.3 is 4.90 Å². The molecule has 1 heterocycles. The van der Waals surface area contributed by atoms with Crippen LogP contribution in [0.25, 0.3) is 0 Å². The van der Waals surface area contributed by atoms with Gasteiger partial charge in [-0.15, -0.1) is 0 Å². The van der Waals surface area contributed by atoms with Gasteiger partial charge in [0, 0.05) is 29.6 Å². The Hall–Kier alpha value is -1.69. The summed E-state index contributed by atoms with van der Waals surface area (Å²) in [5, 5.41) is 0.609. The van der Waals surface area contributed by atoms with Gasteiger partial charge in [-0.2, -0.15) is 0 Å². The Labute approximate surface area is 159 Å². The molecule has 26 heavy (non-hydrogen) atoms. The first kappa shape index (κ1) is 19.1. The second kappa shape index (κ2) is 8.33. The van der Waals surface area contributed by atoms with Crippen LogP contribution in [0.2, 0.25) is 5.02 Å². The van der Waals surface area contributed by atoms with Crippen molar-refractivity contribution in [1.29, 1.82) is 0 Å². The molecule has 6 heteroatoms. The fourth-order valence-electron chi connectivity index (χ4n) is 3.32. The molecule has 0 bridgehead atoms. The van der Waals surface area contributed by atoms with Gasteiger partial charge in [-0.1, -0.05) is 29.8 Å². The molecule has 0 saturated carbocycles. The van der Waals surface area contributed by atoms with Crippen LogP contribution in [0.5, 0.6) is 0 Å². The number of piperidine rings is 1. The lowest BCUT2D eigenvalue weighted by Crippen LogP contribution is -2.41. The number of carbonyl (C=O) groups is 1. The van der Waals surface area contributed by atoms with Gasteiger partial charge in [-0.25, -0.2) is 8.42 Å². The highest BCUT2D eigenvalue weighted by atomic mass is 35.5. The summed E-state index contributed by atoms with van der Waals surface area (Å²) in [6.07, 6.45) is 1.73. The molecule has 0 unspecified atom stereocenters. The number of ketones is 1. The van der Waals surface area contributed by atoms with E-state index in [1.807, 2.05) is 0 Å². The third-order valence-corrected chi connectivity index (χ3v) is 6.75. The lowest BCUT2D eigenvalue weighted by Gasteiger charge is -2.31. The lowest BCUT2D eigenvalue weighted by atomic mass is 9.90. The molecule has 138 valence electrons. The Bertz CT molecular complexity index is 850. The molecule has 1 aliphatic rings. The lowest BCUT2D eigenvalue weighted by molar-refractivity contribution is 0.0826. The van der Waals surface area contributed by atoms with Crippen LogP contribution in [0.15, 0.2) is 59.5 Å². The van der Waals surface area contributed by atoms with Crippen LogP contribution in [-0.4, -0.2) is 44.5 Å². The minimum atomic E-state index is -3.30. The number of halogens is 1. The van der Waals surface area contributed by atoms with Crippen LogP contribution in [0, 0.1) is 5.92 Å². The summed E-state index contributed by atoms with van der Waals surface area (Å²) in [5.41, 5.74) is 0.665. The molecule has 1 aliphatic heterocycles. The third kappa shape index (κ3) is 4.72. The first-order valence-corrected chi connectivity index (χ1v) is 10.8. The number of hydrogen-bond acceptors (Lipinski definition) is 4. The zero-order valence-corrected chi connectivity index (χ0v) is 16.0. The zero-order valence-electron chi connectivity index (χ0n) is 14.5. The van der Waals surface area contributed by atoms with Crippen molar-refractivity contribution >= 4 is 27.2 Å². The molecule has 2 aromatic rings. The number of sulfone groups is 1. The molecule has 0 N–H and O–H groups in total. The van der Waals surface area contributed by atoms with Crippen molar-refractivity contribution < 1.29 is 13.2 Å². The monoisotopic (exact) mass is 391 g/mol. The molecular formula is C20H22ClNO3S. The fourth-order valence-corrected chi connectivity index (χ4v) is 4.75. The maximum atomic E-state index is 12.7. The highest BCUT2D eigenvalue weighted by Crippen LogP contribution is 2.22. The predicted molar refractivity (Wildman–Crippen MR) is 103 cm³/mol. The van der Waals surface area contributed by atoms with E-state index in [9.17, 15) is 13.2 Å². The van der Waals surface area contributed by atoms with Gasteiger partial charge in [0.2, 0.25) is 0 Å². The van der Waals surface area contributed by atoms with Gasteiger partial charge in [-0.05, 0) is 55.8 Å². The van der Waals surface area contributed by atoms with Gasteiger partial charge in [0.05, 0.1) is 10.6 Å². The summed E-state index contributed by atoms with van der Waals surface area (Å²) < 4.78 is 24.9. The molecule has 0 amide bonds. The largest absolute Gasteiger partial charge is 0.302 e. The van der Waals surface area contributed by atoms with E-state index in [1.54, 1.807) is 54.6 Å². The number of carbonyl (C=O) groups excluding carboxylic acids is 1. The second-order valence-electron chi connectivity index (χ2n) is 6.64. The van der Waals surface area contributed by atoms with Gasteiger partial charge in [-0.3, -0.25) is 4.79 Å². The van der Waals surface area contributed by atoms with Crippen LogP contribution in [-0.2, 0) is 9.84 Å². The maximum Gasteiger partial charge on any atom is 0.179 e. The van der Waals surface area contributed by atoms with Gasteiger partial charge in [0.25, 0.3) is 0 Å². The van der Waals surface area contributed by atoms with E-state index in [2.05, 4.69) is 4.90 Å². The molecule has 1 atom stereocenters. The third-order valence-electron chi connectivity index (χ3n) is 4.78. The first-order chi connectivity index (χ1) is 12.5. The zero-order chi connectivity index (χ0) is 18.6. The molecule has 4 nitrogen and oxygen atoms in total. The fraction of sp³-hybridized carbons (Fsp3) is 0.350. The number of benzene rings is 2. The Morgan fingerprint density at radius 1 is 1.08 bits per heavy atom. The van der Waals surface area contributed by atoms with E-state index in [0.717, 1.165) is 19.4 Å². The van der Waals surface area contributed by atoms with E-state index in [1.165, 1.54) is 0 Å². The van der Waals surface area contributed by atoms with Crippen molar-refractivity contribution in [2.24, 2.45) is 5.92 Å². The minimum Gasteiger partial charge on any atom is -0.302 e. The summed E-state index contributed by atoms with van der Waals surface area (Å²) in [5.74, 6) is 0.0837. The summed E-state index contributed by atoms with van der Waals surface area (Å²) in [6, 6.07) is 15.5. The van der Waals surface area contributed by atoms with E-state index in [0.29, 0.717) is 28.6 Å². The molecule has 0 radical (unpaired) electrons. The van der Waals surface area contributed by atoms with Crippen molar-refractivity contribution in [3.05, 3.63) is 65.2 Å². The van der Waals surface area contributed by atoms with E-state index < -0.39 is 9.84 Å². The predicted octanol–water partition coefficient (Wildman–Crippen LogP) is 3.71. The van der Waals surface area contributed by atoms with E-state index in [4.69, 9.17) is 11.6 Å². The Balaban J connectivity index is 1.60. The number of nitrogens with zero attached hydrogens (tertiary/aromatic N) is 1. The molecule has 1 fully saturated rings. The Kier molecular flexibility index (Phi) is 6.12. The minimum absolute atomic E-state index is 0.0683. The second-order valence-corrected chi connectivity index (χ2v) is 9.19. The topological polar surface area (TPSA) is 54.5 Å². The standard InChI is InChI=1S/C20H22ClNO3S/c21-18-10-8-16(9-11-18)20(23)17-5-4-12-22(15-17)13-14-26(24,25)19-6-2-1-3-7-19/h1-3,6-11,17H,4-5,12-15H2/t17-/m1/s1. The average molecular weight is 392 g/mol. The Morgan fingerprint density at radius 2 is 1.77 bits per heavy atom. The summed E-state index contributed by atoms with van der Waals surface area (Å²) in [4.78, 5) is 15.1. The summed E-state index contributed by atoms with van der Waals surface area (Å²) in [6.45, 7) is 1.88. The molecule has 3 rings (SSSR count). The molecule has 0 aromatic heterocycles. The quantitative estimate of drug-likeness (QED) is 0.704. The van der Waals surface area contributed by atoms with E-state index >= 15 is 0 Å². The molecule has 2 aromatic carbocycles. The van der Waals surface area contributed by atoms with Crippen molar-refractivity contribution in [2.45, 2.75) is 17.7 Å². The van der Waals surface area contributed by atoms with Crippen LogP contribution in [0.1, 0.15) is 23.2 Å². The first-order valence-electron chi connectivity index (χ1n) is 8.76. The van der Waals surface area contributed by atoms with Crippen LogP contribution in [0.4, 0.5) is 0 Å².